The van der Waals surface area contributed by atoms with Crippen LogP contribution in [-0.4, -0.2) is 0 Å². The summed E-state index contributed by atoms with van der Waals surface area (Å²) in [5, 5.41) is 2.40. The molecule has 1 spiro atoms. The molecule has 2 aliphatic rings. The normalized spacial score (nSPS) is 17.2. The molecule has 0 fully saturated rings. The summed E-state index contributed by atoms with van der Waals surface area (Å²) in [5.74, 6) is 0. The lowest BCUT2D eigenvalue weighted by atomic mass is 9.70. The second-order valence-corrected chi connectivity index (χ2v) is 10.4. The summed E-state index contributed by atoms with van der Waals surface area (Å²) in [6.45, 7) is 2.20. The number of furan rings is 1. The third kappa shape index (κ3) is 2.07. The van der Waals surface area contributed by atoms with E-state index >= 15 is 0 Å². The van der Waals surface area contributed by atoms with Gasteiger partial charge in [0.1, 0.15) is 11.2 Å². The Labute approximate surface area is 205 Å². The molecule has 2 heteroatoms. The molecule has 0 radical (unpaired) electrons. The molecule has 0 aliphatic heterocycles. The van der Waals surface area contributed by atoms with E-state index in [9.17, 15) is 0 Å². The van der Waals surface area contributed by atoms with E-state index in [0.29, 0.717) is 0 Å². The van der Waals surface area contributed by atoms with Gasteiger partial charge in [-0.15, -0.1) is 0 Å². The number of benzene rings is 5. The lowest BCUT2D eigenvalue weighted by Gasteiger charge is -2.30. The van der Waals surface area contributed by atoms with Gasteiger partial charge in [-0.3, -0.25) is 0 Å². The van der Waals surface area contributed by atoms with Crippen LogP contribution in [0.4, 0.5) is 0 Å². The van der Waals surface area contributed by atoms with Gasteiger partial charge in [-0.05, 0) is 75.7 Å². The van der Waals surface area contributed by atoms with Gasteiger partial charge < -0.3 is 4.42 Å². The third-order valence-electron chi connectivity index (χ3n) is 7.80. The molecule has 34 heavy (non-hydrogen) atoms. The molecular formula is C32H19BrO. The fourth-order valence-electron chi connectivity index (χ4n) is 6.57. The summed E-state index contributed by atoms with van der Waals surface area (Å²) >= 11 is 3.79. The summed E-state index contributed by atoms with van der Waals surface area (Å²) < 4.78 is 7.42. The van der Waals surface area contributed by atoms with Crippen LogP contribution in [0.1, 0.15) is 27.8 Å². The zero-order valence-electron chi connectivity index (χ0n) is 18.5. The Hall–Kier alpha value is -3.62. The van der Waals surface area contributed by atoms with Gasteiger partial charge in [-0.25, -0.2) is 0 Å². The molecular weight excluding hydrogens is 480 g/mol. The van der Waals surface area contributed by atoms with Crippen molar-refractivity contribution in [2.45, 2.75) is 12.3 Å². The van der Waals surface area contributed by atoms with Crippen molar-refractivity contribution in [2.24, 2.45) is 0 Å². The molecule has 5 aromatic carbocycles. The summed E-state index contributed by atoms with van der Waals surface area (Å²) in [4.78, 5) is 0. The molecule has 0 saturated carbocycles. The molecule has 1 aromatic heterocycles. The molecule has 0 amide bonds. The molecule has 1 atom stereocenters. The van der Waals surface area contributed by atoms with Gasteiger partial charge in [0.15, 0.2) is 0 Å². The van der Waals surface area contributed by atoms with E-state index in [1.807, 2.05) is 6.07 Å². The van der Waals surface area contributed by atoms with Crippen LogP contribution in [0.5, 0.6) is 0 Å². The van der Waals surface area contributed by atoms with Crippen molar-refractivity contribution in [1.82, 2.24) is 0 Å². The van der Waals surface area contributed by atoms with Crippen LogP contribution in [0.2, 0.25) is 0 Å². The van der Waals surface area contributed by atoms with Gasteiger partial charge in [-0.2, -0.15) is 0 Å². The Morgan fingerprint density at radius 1 is 0.618 bits per heavy atom. The van der Waals surface area contributed by atoms with Crippen molar-refractivity contribution in [2.75, 3.05) is 0 Å². The van der Waals surface area contributed by atoms with Crippen molar-refractivity contribution in [1.29, 1.82) is 0 Å². The second kappa shape index (κ2) is 6.28. The van der Waals surface area contributed by atoms with Crippen LogP contribution in [0.3, 0.4) is 0 Å². The zero-order valence-corrected chi connectivity index (χ0v) is 20.1. The number of rotatable bonds is 0. The molecule has 1 heterocycles. The maximum absolute atomic E-state index is 6.31. The first-order valence-corrected chi connectivity index (χ1v) is 12.4. The molecule has 6 aromatic rings. The molecule has 0 saturated heterocycles. The molecule has 0 bridgehead atoms. The van der Waals surface area contributed by atoms with Crippen LogP contribution >= 0.6 is 15.9 Å². The molecule has 0 N–H and O–H groups in total. The third-order valence-corrected chi connectivity index (χ3v) is 8.30. The average molecular weight is 499 g/mol. The smallest absolute Gasteiger partial charge is 0.136 e. The van der Waals surface area contributed by atoms with Crippen molar-refractivity contribution in [3.8, 4) is 22.3 Å². The fourth-order valence-corrected chi connectivity index (χ4v) is 6.93. The highest BCUT2D eigenvalue weighted by Crippen LogP contribution is 2.64. The van der Waals surface area contributed by atoms with Crippen LogP contribution in [0.15, 0.2) is 106 Å². The van der Waals surface area contributed by atoms with Crippen LogP contribution in [0, 0.1) is 6.92 Å². The van der Waals surface area contributed by atoms with E-state index in [0.717, 1.165) is 15.6 Å². The van der Waals surface area contributed by atoms with E-state index in [-0.39, 0.29) is 5.41 Å². The van der Waals surface area contributed by atoms with Crippen LogP contribution < -0.4 is 0 Å². The molecule has 160 valence electrons. The monoisotopic (exact) mass is 498 g/mol. The number of aryl methyl sites for hydroxylation is 1. The van der Waals surface area contributed by atoms with Crippen LogP contribution in [0.25, 0.3) is 44.2 Å². The zero-order chi connectivity index (χ0) is 22.6. The van der Waals surface area contributed by atoms with Crippen LogP contribution in [-0.2, 0) is 5.41 Å². The van der Waals surface area contributed by atoms with E-state index in [1.165, 1.54) is 60.8 Å². The number of hydrogen-bond acceptors (Lipinski definition) is 1. The largest absolute Gasteiger partial charge is 0.456 e. The summed E-state index contributed by atoms with van der Waals surface area (Å²) in [6.07, 6.45) is 0. The van der Waals surface area contributed by atoms with Gasteiger partial charge in [0, 0.05) is 15.2 Å². The maximum Gasteiger partial charge on any atom is 0.136 e. The Bertz CT molecular complexity index is 1790. The van der Waals surface area contributed by atoms with Crippen molar-refractivity contribution in [3.05, 3.63) is 129 Å². The van der Waals surface area contributed by atoms with E-state index < -0.39 is 0 Å². The minimum atomic E-state index is -0.348. The quantitative estimate of drug-likeness (QED) is 0.203. The lowest BCUT2D eigenvalue weighted by Crippen LogP contribution is -2.26. The van der Waals surface area contributed by atoms with E-state index in [2.05, 4.69) is 114 Å². The Balaban J connectivity index is 1.64. The predicted octanol–water partition coefficient (Wildman–Crippen LogP) is 9.00. The standard InChI is InChI=1S/C32H19BrO/c1-18-10-12-20-21-13-11-19(33)17-27(21)32(26(20)16-18)24-8-4-2-6-22(24)30-25(32)14-15-29-31(30)23-7-3-5-9-28(23)34-29/h2-17H,1H3. The summed E-state index contributed by atoms with van der Waals surface area (Å²) in [7, 11) is 0. The SMILES string of the molecule is Cc1ccc2c(c1)C1(c3cc(Br)ccc3-2)c2ccccc2-c2c1ccc1oc3ccccc3c21. The topological polar surface area (TPSA) is 13.1 Å². The summed E-state index contributed by atoms with van der Waals surface area (Å²) in [6, 6.07) is 35.5. The first-order chi connectivity index (χ1) is 16.7. The Morgan fingerprint density at radius 3 is 2.29 bits per heavy atom. The van der Waals surface area contributed by atoms with Gasteiger partial charge in [0.25, 0.3) is 0 Å². The molecule has 2 aliphatic carbocycles. The minimum absolute atomic E-state index is 0.348. The lowest BCUT2D eigenvalue weighted by molar-refractivity contribution is 0.668. The highest BCUT2D eigenvalue weighted by Gasteiger charge is 2.52. The fraction of sp³-hybridized carbons (Fsp3) is 0.0625. The Morgan fingerprint density at radius 2 is 1.38 bits per heavy atom. The van der Waals surface area contributed by atoms with Crippen molar-refractivity contribution < 1.29 is 4.42 Å². The molecule has 8 rings (SSSR count). The maximum atomic E-state index is 6.31. The molecule has 1 unspecified atom stereocenters. The minimum Gasteiger partial charge on any atom is -0.456 e. The first kappa shape index (κ1) is 18.8. The second-order valence-electron chi connectivity index (χ2n) is 9.49. The predicted molar refractivity (Wildman–Crippen MR) is 142 cm³/mol. The van der Waals surface area contributed by atoms with Gasteiger partial charge in [-0.1, -0.05) is 94.3 Å². The highest BCUT2D eigenvalue weighted by molar-refractivity contribution is 9.10. The van der Waals surface area contributed by atoms with E-state index in [1.54, 1.807) is 0 Å². The van der Waals surface area contributed by atoms with Gasteiger partial charge >= 0.3 is 0 Å². The number of halogens is 1. The van der Waals surface area contributed by atoms with Gasteiger partial charge in [0.2, 0.25) is 0 Å². The summed E-state index contributed by atoms with van der Waals surface area (Å²) in [5.41, 5.74) is 13.5. The molecule has 1 nitrogen and oxygen atoms in total. The number of fused-ring (bicyclic) bond motifs is 14. The van der Waals surface area contributed by atoms with E-state index in [4.69, 9.17) is 4.42 Å². The highest BCUT2D eigenvalue weighted by atomic mass is 79.9. The number of para-hydroxylation sites is 1. The first-order valence-electron chi connectivity index (χ1n) is 11.6. The van der Waals surface area contributed by atoms with Crippen molar-refractivity contribution in [3.63, 3.8) is 0 Å². The Kier molecular flexibility index (Phi) is 3.47. The van der Waals surface area contributed by atoms with Crippen molar-refractivity contribution >= 4 is 37.9 Å². The average Bonchev–Trinajstić information content (AvgIpc) is 3.47. The van der Waals surface area contributed by atoms with Gasteiger partial charge in [0.05, 0.1) is 5.41 Å². The number of hydrogen-bond donors (Lipinski definition) is 0.